The first-order valence-electron chi connectivity index (χ1n) is 5.82. The van der Waals surface area contributed by atoms with E-state index in [-0.39, 0.29) is 11.9 Å². The standard InChI is InChI=1S/C10H18N4O3S/c1-8(2)17-6-4-3-5-14-10(11-12-13-14)18-7-9(15)16/h8H,3-7H2,1-2H3,(H,15,16). The Bertz CT molecular complexity index is 370. The van der Waals surface area contributed by atoms with Crippen molar-refractivity contribution < 1.29 is 14.6 Å². The highest BCUT2D eigenvalue weighted by Gasteiger charge is 2.08. The number of aromatic nitrogens is 4. The molecule has 1 rings (SSSR count). The van der Waals surface area contributed by atoms with Gasteiger partial charge in [-0.3, -0.25) is 4.79 Å². The lowest BCUT2D eigenvalue weighted by Gasteiger charge is -2.07. The molecule has 1 aromatic heterocycles. The number of hydrogen-bond donors (Lipinski definition) is 1. The minimum Gasteiger partial charge on any atom is -0.481 e. The number of aryl methyl sites for hydroxylation is 1. The van der Waals surface area contributed by atoms with Crippen LogP contribution >= 0.6 is 11.8 Å². The van der Waals surface area contributed by atoms with Crippen molar-refractivity contribution in [3.8, 4) is 0 Å². The summed E-state index contributed by atoms with van der Waals surface area (Å²) in [5, 5.41) is 20.3. The fraction of sp³-hybridized carbons (Fsp3) is 0.800. The number of unbranched alkanes of at least 4 members (excludes halogenated alkanes) is 1. The van der Waals surface area contributed by atoms with Gasteiger partial charge in [0.15, 0.2) is 0 Å². The molecule has 0 aliphatic carbocycles. The number of thioether (sulfide) groups is 1. The van der Waals surface area contributed by atoms with E-state index in [4.69, 9.17) is 9.84 Å². The molecule has 0 aromatic carbocycles. The van der Waals surface area contributed by atoms with Gasteiger partial charge in [0.1, 0.15) is 0 Å². The van der Waals surface area contributed by atoms with Crippen LogP contribution in [-0.2, 0) is 16.1 Å². The van der Waals surface area contributed by atoms with Crippen molar-refractivity contribution in [2.45, 2.75) is 44.5 Å². The van der Waals surface area contributed by atoms with E-state index in [1.165, 1.54) is 0 Å². The molecule has 0 saturated heterocycles. The van der Waals surface area contributed by atoms with Crippen LogP contribution in [0.1, 0.15) is 26.7 Å². The zero-order valence-corrected chi connectivity index (χ0v) is 11.4. The Hall–Kier alpha value is -1.15. The summed E-state index contributed by atoms with van der Waals surface area (Å²) in [4.78, 5) is 10.5. The van der Waals surface area contributed by atoms with Crippen LogP contribution in [-0.4, -0.2) is 49.7 Å². The Morgan fingerprint density at radius 1 is 1.50 bits per heavy atom. The largest absolute Gasteiger partial charge is 0.481 e. The van der Waals surface area contributed by atoms with Gasteiger partial charge in [0.25, 0.3) is 0 Å². The predicted octanol–water partition coefficient (Wildman–Crippen LogP) is 1.05. The highest BCUT2D eigenvalue weighted by Crippen LogP contribution is 2.13. The van der Waals surface area contributed by atoms with Crippen LogP contribution in [0, 0.1) is 0 Å². The van der Waals surface area contributed by atoms with E-state index in [9.17, 15) is 4.79 Å². The summed E-state index contributed by atoms with van der Waals surface area (Å²) in [6.45, 7) is 5.40. The van der Waals surface area contributed by atoms with Gasteiger partial charge in [-0.1, -0.05) is 11.8 Å². The van der Waals surface area contributed by atoms with Crippen LogP contribution in [0.15, 0.2) is 5.16 Å². The zero-order valence-electron chi connectivity index (χ0n) is 10.6. The van der Waals surface area contributed by atoms with Gasteiger partial charge in [-0.2, -0.15) is 0 Å². The minimum atomic E-state index is -0.875. The van der Waals surface area contributed by atoms with Crippen molar-refractivity contribution in [2.75, 3.05) is 12.4 Å². The number of carboxylic acids is 1. The fourth-order valence-corrected chi connectivity index (χ4v) is 1.87. The predicted molar refractivity (Wildman–Crippen MR) is 66.5 cm³/mol. The van der Waals surface area contributed by atoms with Gasteiger partial charge in [0.2, 0.25) is 5.16 Å². The summed E-state index contributed by atoms with van der Waals surface area (Å²) >= 11 is 1.13. The third kappa shape index (κ3) is 5.97. The molecule has 7 nitrogen and oxygen atoms in total. The monoisotopic (exact) mass is 274 g/mol. The quantitative estimate of drug-likeness (QED) is 0.531. The van der Waals surface area contributed by atoms with Gasteiger partial charge >= 0.3 is 5.97 Å². The van der Waals surface area contributed by atoms with E-state index in [0.29, 0.717) is 11.7 Å². The molecule has 0 radical (unpaired) electrons. The maximum absolute atomic E-state index is 10.5. The fourth-order valence-electron chi connectivity index (χ4n) is 1.25. The summed E-state index contributed by atoms with van der Waals surface area (Å²) < 4.78 is 7.05. The Morgan fingerprint density at radius 3 is 2.94 bits per heavy atom. The van der Waals surface area contributed by atoms with E-state index in [0.717, 1.165) is 31.2 Å². The van der Waals surface area contributed by atoms with E-state index in [1.54, 1.807) is 4.68 Å². The first-order valence-corrected chi connectivity index (χ1v) is 6.80. The number of carbonyl (C=O) groups is 1. The highest BCUT2D eigenvalue weighted by molar-refractivity contribution is 7.99. The molecule has 1 heterocycles. The average Bonchev–Trinajstić information content (AvgIpc) is 2.73. The first kappa shape index (κ1) is 14.9. The number of carboxylic acid groups (broad SMARTS) is 1. The molecule has 8 heteroatoms. The molecular weight excluding hydrogens is 256 g/mol. The van der Waals surface area contributed by atoms with Crippen LogP contribution in [0.2, 0.25) is 0 Å². The smallest absolute Gasteiger partial charge is 0.313 e. The molecular formula is C10H18N4O3S. The number of tetrazole rings is 1. The summed E-state index contributed by atoms with van der Waals surface area (Å²) in [6, 6.07) is 0. The maximum Gasteiger partial charge on any atom is 0.313 e. The second kappa shape index (κ2) is 8.04. The minimum absolute atomic E-state index is 0.0309. The molecule has 102 valence electrons. The molecule has 1 N–H and O–H groups in total. The SMILES string of the molecule is CC(C)OCCCCn1nnnc1SCC(=O)O. The number of hydrogen-bond acceptors (Lipinski definition) is 6. The van der Waals surface area contributed by atoms with Crippen molar-refractivity contribution >= 4 is 17.7 Å². The Labute approximate surface area is 110 Å². The molecule has 18 heavy (non-hydrogen) atoms. The lowest BCUT2D eigenvalue weighted by atomic mass is 10.3. The molecule has 0 aliphatic heterocycles. The highest BCUT2D eigenvalue weighted by atomic mass is 32.2. The van der Waals surface area contributed by atoms with Gasteiger partial charge < -0.3 is 9.84 Å². The topological polar surface area (TPSA) is 90.1 Å². The van der Waals surface area contributed by atoms with E-state index < -0.39 is 5.97 Å². The maximum atomic E-state index is 10.5. The van der Waals surface area contributed by atoms with Crippen LogP contribution in [0.25, 0.3) is 0 Å². The van der Waals surface area contributed by atoms with Gasteiger partial charge in [-0.05, 0) is 37.1 Å². The second-order valence-electron chi connectivity index (χ2n) is 3.99. The molecule has 0 saturated carbocycles. The van der Waals surface area contributed by atoms with Crippen LogP contribution < -0.4 is 0 Å². The van der Waals surface area contributed by atoms with Crippen molar-refractivity contribution in [3.05, 3.63) is 0 Å². The molecule has 0 spiro atoms. The van der Waals surface area contributed by atoms with Gasteiger partial charge in [0.05, 0.1) is 11.9 Å². The van der Waals surface area contributed by atoms with Crippen LogP contribution in [0.3, 0.4) is 0 Å². The molecule has 0 bridgehead atoms. The van der Waals surface area contributed by atoms with Crippen molar-refractivity contribution in [2.24, 2.45) is 0 Å². The average molecular weight is 274 g/mol. The van der Waals surface area contributed by atoms with Gasteiger partial charge in [0, 0.05) is 13.2 Å². The van der Waals surface area contributed by atoms with Crippen molar-refractivity contribution in [1.29, 1.82) is 0 Å². The van der Waals surface area contributed by atoms with Gasteiger partial charge in [-0.15, -0.1) is 5.10 Å². The van der Waals surface area contributed by atoms with Crippen LogP contribution in [0.4, 0.5) is 0 Å². The second-order valence-corrected chi connectivity index (χ2v) is 4.94. The molecule has 0 aliphatic rings. The van der Waals surface area contributed by atoms with E-state index in [2.05, 4.69) is 15.5 Å². The number of rotatable bonds is 9. The van der Waals surface area contributed by atoms with E-state index in [1.807, 2.05) is 13.8 Å². The lowest BCUT2D eigenvalue weighted by Crippen LogP contribution is -2.07. The summed E-state index contributed by atoms with van der Waals surface area (Å²) in [5.74, 6) is -0.906. The Kier molecular flexibility index (Phi) is 6.66. The zero-order chi connectivity index (χ0) is 13.4. The summed E-state index contributed by atoms with van der Waals surface area (Å²) in [7, 11) is 0. The number of nitrogens with zero attached hydrogens (tertiary/aromatic N) is 4. The molecule has 0 atom stereocenters. The number of aliphatic carboxylic acids is 1. The summed E-state index contributed by atoms with van der Waals surface area (Å²) in [6.07, 6.45) is 2.08. The van der Waals surface area contributed by atoms with Crippen molar-refractivity contribution in [3.63, 3.8) is 0 Å². The third-order valence-electron chi connectivity index (χ3n) is 2.04. The summed E-state index contributed by atoms with van der Waals surface area (Å²) in [5.41, 5.74) is 0. The molecule has 1 aromatic rings. The normalized spacial score (nSPS) is 11.1. The Morgan fingerprint density at radius 2 is 2.28 bits per heavy atom. The van der Waals surface area contributed by atoms with E-state index >= 15 is 0 Å². The van der Waals surface area contributed by atoms with Crippen LogP contribution in [0.5, 0.6) is 0 Å². The lowest BCUT2D eigenvalue weighted by molar-refractivity contribution is -0.133. The van der Waals surface area contributed by atoms with Crippen molar-refractivity contribution in [1.82, 2.24) is 20.2 Å². The third-order valence-corrected chi connectivity index (χ3v) is 2.98. The Balaban J connectivity index is 2.25. The molecule has 0 unspecified atom stereocenters. The molecule has 0 fully saturated rings. The molecule has 0 amide bonds. The number of ether oxygens (including phenoxy) is 1. The first-order chi connectivity index (χ1) is 8.59. The van der Waals surface area contributed by atoms with Gasteiger partial charge in [-0.25, -0.2) is 4.68 Å².